The highest BCUT2D eigenvalue weighted by molar-refractivity contribution is 5.91. The molecule has 27 heavy (non-hydrogen) atoms. The molecule has 3 amide bonds. The summed E-state index contributed by atoms with van der Waals surface area (Å²) < 4.78 is 0. The van der Waals surface area contributed by atoms with E-state index in [1.807, 2.05) is 44.2 Å². The Morgan fingerprint density at radius 1 is 1.07 bits per heavy atom. The molecule has 0 heterocycles. The van der Waals surface area contributed by atoms with Crippen LogP contribution < -0.4 is 21.7 Å². The largest absolute Gasteiger partial charge is 0.345 e. The molecule has 8 heteroatoms. The summed E-state index contributed by atoms with van der Waals surface area (Å²) in [6, 6.07) is 7.74. The molecule has 0 aliphatic heterocycles. The Kier molecular flexibility index (Phi) is 9.74. The van der Waals surface area contributed by atoms with E-state index in [0.29, 0.717) is 12.7 Å². The molecule has 1 aromatic carbocycles. The highest BCUT2D eigenvalue weighted by Gasteiger charge is 2.22. The minimum Gasteiger partial charge on any atom is -0.345 e. The van der Waals surface area contributed by atoms with E-state index in [1.165, 1.54) is 0 Å². The van der Waals surface area contributed by atoms with Gasteiger partial charge in [0.15, 0.2) is 0 Å². The van der Waals surface area contributed by atoms with Crippen LogP contribution in [0, 0.1) is 5.92 Å². The number of hydrogen-bond donors (Lipinski definition) is 4. The summed E-state index contributed by atoms with van der Waals surface area (Å²) in [6.45, 7) is 3.36. The van der Waals surface area contributed by atoms with Gasteiger partial charge in [0, 0.05) is 6.42 Å². The molecule has 2 atom stereocenters. The summed E-state index contributed by atoms with van der Waals surface area (Å²) in [7, 11) is 0. The van der Waals surface area contributed by atoms with Crippen molar-refractivity contribution >= 4 is 24.0 Å². The third kappa shape index (κ3) is 8.96. The van der Waals surface area contributed by atoms with Gasteiger partial charge in [0.05, 0.1) is 19.1 Å². The lowest BCUT2D eigenvalue weighted by Gasteiger charge is -2.19. The Balaban J connectivity index is 2.63. The first-order valence-corrected chi connectivity index (χ1v) is 8.91. The molecular formula is C19H28N4O4. The Morgan fingerprint density at radius 2 is 1.74 bits per heavy atom. The summed E-state index contributed by atoms with van der Waals surface area (Å²) >= 11 is 0. The van der Waals surface area contributed by atoms with Crippen molar-refractivity contribution in [2.45, 2.75) is 38.8 Å². The zero-order chi connectivity index (χ0) is 20.2. The lowest BCUT2D eigenvalue weighted by molar-refractivity contribution is -0.130. The molecule has 5 N–H and O–H groups in total. The van der Waals surface area contributed by atoms with Crippen LogP contribution in [0.3, 0.4) is 0 Å². The number of rotatable bonds is 11. The number of benzene rings is 1. The summed E-state index contributed by atoms with van der Waals surface area (Å²) in [6.07, 6.45) is 1.47. The van der Waals surface area contributed by atoms with Crippen LogP contribution in [0.2, 0.25) is 0 Å². The fourth-order valence-corrected chi connectivity index (χ4v) is 2.52. The van der Waals surface area contributed by atoms with Gasteiger partial charge in [0.2, 0.25) is 17.7 Å². The average molecular weight is 376 g/mol. The lowest BCUT2D eigenvalue weighted by Crippen LogP contribution is -2.52. The standard InChI is InChI=1S/C19H28N4O4/c1-13(2)8-15(12-24)22-18(26)11-21-19(27)16(23-17(25)10-20)9-14-6-4-3-5-7-14/h3-7,12-13,15-16H,8-11,20H2,1-2H3,(H,21,27)(H,22,26)(H,23,25)/t15?,16-/m0/s1. The molecule has 0 fully saturated rings. The summed E-state index contributed by atoms with van der Waals surface area (Å²) in [4.78, 5) is 47.0. The molecule has 8 nitrogen and oxygen atoms in total. The first-order valence-electron chi connectivity index (χ1n) is 8.91. The number of aldehydes is 1. The van der Waals surface area contributed by atoms with Crippen molar-refractivity contribution < 1.29 is 19.2 Å². The van der Waals surface area contributed by atoms with Crippen molar-refractivity contribution in [3.63, 3.8) is 0 Å². The third-order valence-electron chi connectivity index (χ3n) is 3.78. The molecule has 1 unspecified atom stereocenters. The molecule has 0 aromatic heterocycles. The Morgan fingerprint density at radius 3 is 2.30 bits per heavy atom. The quantitative estimate of drug-likeness (QED) is 0.388. The van der Waals surface area contributed by atoms with Gasteiger partial charge >= 0.3 is 0 Å². The highest BCUT2D eigenvalue weighted by Crippen LogP contribution is 2.04. The van der Waals surface area contributed by atoms with Gasteiger partial charge in [-0.05, 0) is 17.9 Å². The molecule has 0 saturated carbocycles. The Bertz CT molecular complexity index is 634. The zero-order valence-electron chi connectivity index (χ0n) is 15.7. The van der Waals surface area contributed by atoms with E-state index in [4.69, 9.17) is 5.73 Å². The van der Waals surface area contributed by atoms with Crippen LogP contribution in [0.15, 0.2) is 30.3 Å². The highest BCUT2D eigenvalue weighted by atomic mass is 16.2. The van der Waals surface area contributed by atoms with Gasteiger partial charge < -0.3 is 26.5 Å². The van der Waals surface area contributed by atoms with Crippen molar-refractivity contribution in [2.24, 2.45) is 11.7 Å². The van der Waals surface area contributed by atoms with E-state index < -0.39 is 29.8 Å². The predicted octanol–water partition coefficient (Wildman–Crippen LogP) is -0.481. The van der Waals surface area contributed by atoms with Crippen molar-refractivity contribution in [1.29, 1.82) is 0 Å². The Labute approximate surface area is 159 Å². The van der Waals surface area contributed by atoms with Gasteiger partial charge in [0.25, 0.3) is 0 Å². The van der Waals surface area contributed by atoms with Crippen LogP contribution >= 0.6 is 0 Å². The molecule has 0 aliphatic carbocycles. The summed E-state index contributed by atoms with van der Waals surface area (Å²) in [5, 5.41) is 7.61. The number of nitrogens with two attached hydrogens (primary N) is 1. The number of hydrogen-bond acceptors (Lipinski definition) is 5. The van der Waals surface area contributed by atoms with Crippen LogP contribution in [0.25, 0.3) is 0 Å². The predicted molar refractivity (Wildman–Crippen MR) is 102 cm³/mol. The van der Waals surface area contributed by atoms with Crippen LogP contribution in [-0.4, -0.2) is 49.2 Å². The number of nitrogens with one attached hydrogen (secondary N) is 3. The minimum absolute atomic E-state index is 0.241. The third-order valence-corrected chi connectivity index (χ3v) is 3.78. The van der Waals surface area contributed by atoms with Crippen molar-refractivity contribution in [3.05, 3.63) is 35.9 Å². The number of amides is 3. The first-order chi connectivity index (χ1) is 12.8. The molecular weight excluding hydrogens is 348 g/mol. The van der Waals surface area contributed by atoms with Gasteiger partial charge in [-0.25, -0.2) is 0 Å². The van der Waals surface area contributed by atoms with Gasteiger partial charge in [0.1, 0.15) is 12.3 Å². The van der Waals surface area contributed by atoms with Gasteiger partial charge in [-0.1, -0.05) is 44.2 Å². The fraction of sp³-hybridized carbons (Fsp3) is 0.474. The minimum atomic E-state index is -0.853. The monoisotopic (exact) mass is 376 g/mol. The summed E-state index contributed by atoms with van der Waals surface area (Å²) in [5.41, 5.74) is 6.16. The molecule has 0 saturated heterocycles. The van der Waals surface area contributed by atoms with E-state index in [2.05, 4.69) is 16.0 Å². The second-order valence-electron chi connectivity index (χ2n) is 6.67. The second kappa shape index (κ2) is 11.8. The first kappa shape index (κ1) is 22.3. The molecule has 1 rings (SSSR count). The fourth-order valence-electron chi connectivity index (χ4n) is 2.52. The molecule has 0 radical (unpaired) electrons. The Hall–Kier alpha value is -2.74. The molecule has 0 spiro atoms. The van der Waals surface area contributed by atoms with E-state index in [1.54, 1.807) is 0 Å². The second-order valence-corrected chi connectivity index (χ2v) is 6.67. The van der Waals surface area contributed by atoms with Crippen LogP contribution in [0.4, 0.5) is 0 Å². The number of carbonyl (C=O) groups excluding carboxylic acids is 4. The van der Waals surface area contributed by atoms with Gasteiger partial charge in [-0.3, -0.25) is 14.4 Å². The smallest absolute Gasteiger partial charge is 0.243 e. The van der Waals surface area contributed by atoms with Gasteiger partial charge in [-0.2, -0.15) is 0 Å². The summed E-state index contributed by atoms with van der Waals surface area (Å²) in [5.74, 6) is -1.18. The van der Waals surface area contributed by atoms with E-state index in [0.717, 1.165) is 5.56 Å². The van der Waals surface area contributed by atoms with Crippen molar-refractivity contribution in [1.82, 2.24) is 16.0 Å². The lowest BCUT2D eigenvalue weighted by atomic mass is 10.0. The van der Waals surface area contributed by atoms with E-state index in [-0.39, 0.29) is 25.4 Å². The normalized spacial score (nSPS) is 12.7. The van der Waals surface area contributed by atoms with Crippen molar-refractivity contribution in [2.75, 3.05) is 13.1 Å². The molecule has 148 valence electrons. The van der Waals surface area contributed by atoms with Crippen molar-refractivity contribution in [3.8, 4) is 0 Å². The molecule has 0 aliphatic rings. The maximum absolute atomic E-state index is 12.4. The van der Waals surface area contributed by atoms with E-state index in [9.17, 15) is 19.2 Å². The molecule has 1 aromatic rings. The maximum atomic E-state index is 12.4. The molecule has 0 bridgehead atoms. The number of carbonyl (C=O) groups is 4. The average Bonchev–Trinajstić information content (AvgIpc) is 2.65. The SMILES string of the molecule is CC(C)CC(C=O)NC(=O)CNC(=O)[C@H](Cc1ccccc1)NC(=O)CN. The van der Waals surface area contributed by atoms with Crippen LogP contribution in [0.1, 0.15) is 25.8 Å². The maximum Gasteiger partial charge on any atom is 0.243 e. The topological polar surface area (TPSA) is 130 Å². The van der Waals surface area contributed by atoms with Crippen LogP contribution in [-0.2, 0) is 25.6 Å². The zero-order valence-corrected chi connectivity index (χ0v) is 15.7. The van der Waals surface area contributed by atoms with Crippen LogP contribution in [0.5, 0.6) is 0 Å². The van der Waals surface area contributed by atoms with E-state index >= 15 is 0 Å². The van der Waals surface area contributed by atoms with Gasteiger partial charge in [-0.15, -0.1) is 0 Å².